The first-order valence-electron chi connectivity index (χ1n) is 7.75. The molecular weight excluding hydrogens is 332 g/mol. The zero-order valence-electron chi connectivity index (χ0n) is 12.5. The van der Waals surface area contributed by atoms with Gasteiger partial charge in [-0.25, -0.2) is 0 Å². The summed E-state index contributed by atoms with van der Waals surface area (Å²) < 4.78 is 12.6. The maximum Gasteiger partial charge on any atom is 0.175 e. The minimum absolute atomic E-state index is 0.246. The number of nitrogens with zero attached hydrogens (tertiary/aromatic N) is 1. The molecule has 1 saturated heterocycles. The Morgan fingerprint density at radius 2 is 2.14 bits per heavy atom. The van der Waals surface area contributed by atoms with Crippen LogP contribution in [-0.2, 0) is 0 Å². The molecule has 0 saturated carbocycles. The second-order valence-corrected chi connectivity index (χ2v) is 6.72. The third-order valence-corrected chi connectivity index (χ3v) is 5.03. The van der Waals surface area contributed by atoms with Crippen LogP contribution in [0.3, 0.4) is 0 Å². The Bertz CT molecular complexity index is 509. The highest BCUT2D eigenvalue weighted by molar-refractivity contribution is 9.10. The van der Waals surface area contributed by atoms with Crippen molar-refractivity contribution >= 4 is 15.9 Å². The van der Waals surface area contributed by atoms with Gasteiger partial charge in [-0.1, -0.05) is 0 Å². The van der Waals surface area contributed by atoms with Crippen LogP contribution in [0.5, 0.6) is 11.5 Å². The third kappa shape index (κ3) is 3.05. The van der Waals surface area contributed by atoms with Crippen LogP contribution in [0, 0.1) is 0 Å². The SMILES string of the molecule is CC1CCCN1C(CN)c1cc(Br)c2c(c1)OCCCO2. The number of hydrogen-bond acceptors (Lipinski definition) is 4. The molecule has 0 aromatic heterocycles. The highest BCUT2D eigenvalue weighted by Gasteiger charge is 2.29. The number of halogens is 1. The lowest BCUT2D eigenvalue weighted by atomic mass is 10.0. The molecule has 4 nitrogen and oxygen atoms in total. The summed E-state index contributed by atoms with van der Waals surface area (Å²) >= 11 is 3.62. The first-order valence-corrected chi connectivity index (χ1v) is 8.55. The van der Waals surface area contributed by atoms with Crippen LogP contribution in [0.25, 0.3) is 0 Å². The number of nitrogens with two attached hydrogens (primary N) is 1. The third-order valence-electron chi connectivity index (χ3n) is 4.44. The zero-order valence-corrected chi connectivity index (χ0v) is 14.1. The summed E-state index contributed by atoms with van der Waals surface area (Å²) in [5, 5.41) is 0. The van der Waals surface area contributed by atoms with E-state index in [-0.39, 0.29) is 6.04 Å². The Kier molecular flexibility index (Phi) is 4.72. The van der Waals surface area contributed by atoms with Gasteiger partial charge in [0.2, 0.25) is 0 Å². The quantitative estimate of drug-likeness (QED) is 0.905. The van der Waals surface area contributed by atoms with Gasteiger partial charge in [-0.15, -0.1) is 0 Å². The second kappa shape index (κ2) is 6.55. The van der Waals surface area contributed by atoms with E-state index < -0.39 is 0 Å². The van der Waals surface area contributed by atoms with Crippen LogP contribution in [0.15, 0.2) is 16.6 Å². The van der Waals surface area contributed by atoms with Crippen molar-refractivity contribution in [3.63, 3.8) is 0 Å². The summed E-state index contributed by atoms with van der Waals surface area (Å²) in [7, 11) is 0. The predicted molar refractivity (Wildman–Crippen MR) is 86.9 cm³/mol. The summed E-state index contributed by atoms with van der Waals surface area (Å²) in [6, 6.07) is 5.08. The molecule has 2 heterocycles. The highest BCUT2D eigenvalue weighted by atomic mass is 79.9. The normalized spacial score (nSPS) is 23.9. The van der Waals surface area contributed by atoms with E-state index in [0.717, 1.165) is 28.9 Å². The van der Waals surface area contributed by atoms with E-state index in [1.807, 2.05) is 0 Å². The molecule has 116 valence electrons. The summed E-state index contributed by atoms with van der Waals surface area (Å²) in [6.45, 7) is 5.43. The van der Waals surface area contributed by atoms with Crippen molar-refractivity contribution in [3.8, 4) is 11.5 Å². The molecule has 2 atom stereocenters. The molecule has 2 aliphatic heterocycles. The van der Waals surface area contributed by atoms with Crippen LogP contribution < -0.4 is 15.2 Å². The first-order chi connectivity index (χ1) is 10.2. The van der Waals surface area contributed by atoms with Crippen LogP contribution in [0.4, 0.5) is 0 Å². The van der Waals surface area contributed by atoms with Crippen LogP contribution in [-0.4, -0.2) is 37.2 Å². The van der Waals surface area contributed by atoms with Gasteiger partial charge in [0.15, 0.2) is 11.5 Å². The van der Waals surface area contributed by atoms with E-state index in [1.165, 1.54) is 18.4 Å². The molecule has 1 aromatic carbocycles. The van der Waals surface area contributed by atoms with Gasteiger partial charge in [0, 0.05) is 25.0 Å². The van der Waals surface area contributed by atoms with Crippen molar-refractivity contribution in [3.05, 3.63) is 22.2 Å². The Hall–Kier alpha value is -0.780. The summed E-state index contributed by atoms with van der Waals surface area (Å²) in [6.07, 6.45) is 3.42. The first kappa shape index (κ1) is 15.1. The lowest BCUT2D eigenvalue weighted by molar-refractivity contribution is 0.195. The summed E-state index contributed by atoms with van der Waals surface area (Å²) in [5.41, 5.74) is 7.29. The average molecular weight is 355 g/mol. The second-order valence-electron chi connectivity index (χ2n) is 5.86. The Morgan fingerprint density at radius 3 is 2.86 bits per heavy atom. The van der Waals surface area contributed by atoms with Gasteiger partial charge in [0.05, 0.1) is 17.7 Å². The number of likely N-dealkylation sites (tertiary alicyclic amines) is 1. The summed E-state index contributed by atoms with van der Waals surface area (Å²) in [4.78, 5) is 2.51. The van der Waals surface area contributed by atoms with Gasteiger partial charge in [0.25, 0.3) is 0 Å². The molecule has 3 rings (SSSR count). The number of fused-ring (bicyclic) bond motifs is 1. The van der Waals surface area contributed by atoms with Crippen molar-refractivity contribution in [2.45, 2.75) is 38.3 Å². The molecule has 2 unspecified atom stereocenters. The average Bonchev–Trinajstić information content (AvgIpc) is 2.75. The molecule has 2 aliphatic rings. The van der Waals surface area contributed by atoms with Crippen LogP contribution in [0.2, 0.25) is 0 Å². The predicted octanol–water partition coefficient (Wildman–Crippen LogP) is 3.09. The lowest BCUT2D eigenvalue weighted by Gasteiger charge is -2.31. The maximum absolute atomic E-state index is 6.07. The Labute approximate surface area is 134 Å². The fourth-order valence-corrected chi connectivity index (χ4v) is 3.90. The molecular formula is C16H23BrN2O2. The van der Waals surface area contributed by atoms with Crippen molar-refractivity contribution in [1.29, 1.82) is 0 Å². The number of benzene rings is 1. The van der Waals surface area contributed by atoms with Crippen molar-refractivity contribution in [2.75, 3.05) is 26.3 Å². The molecule has 0 bridgehead atoms. The van der Waals surface area contributed by atoms with Gasteiger partial charge in [0.1, 0.15) is 0 Å². The largest absolute Gasteiger partial charge is 0.490 e. The summed E-state index contributed by atoms with van der Waals surface area (Å²) in [5.74, 6) is 1.66. The topological polar surface area (TPSA) is 47.7 Å². The van der Waals surface area contributed by atoms with Gasteiger partial charge in [-0.2, -0.15) is 0 Å². The Balaban J connectivity index is 1.93. The van der Waals surface area contributed by atoms with Gasteiger partial charge in [-0.05, 0) is 59.9 Å². The minimum Gasteiger partial charge on any atom is -0.490 e. The smallest absolute Gasteiger partial charge is 0.175 e. The number of rotatable bonds is 3. The van der Waals surface area contributed by atoms with Crippen LogP contribution >= 0.6 is 15.9 Å². The van der Waals surface area contributed by atoms with Gasteiger partial charge < -0.3 is 15.2 Å². The monoisotopic (exact) mass is 354 g/mol. The number of hydrogen-bond donors (Lipinski definition) is 1. The molecule has 0 radical (unpaired) electrons. The van der Waals surface area contributed by atoms with Crippen molar-refractivity contribution in [1.82, 2.24) is 4.90 Å². The molecule has 0 amide bonds. The minimum atomic E-state index is 0.246. The molecule has 5 heteroatoms. The van der Waals surface area contributed by atoms with E-state index >= 15 is 0 Å². The van der Waals surface area contributed by atoms with E-state index in [9.17, 15) is 0 Å². The molecule has 1 fully saturated rings. The maximum atomic E-state index is 6.07. The standard InChI is InChI=1S/C16H23BrN2O2/c1-11-4-2-5-19(11)14(10-18)12-8-13(17)16-15(9-12)20-6-3-7-21-16/h8-9,11,14H,2-7,10,18H2,1H3. The fraction of sp³-hybridized carbons (Fsp3) is 0.625. The molecule has 2 N–H and O–H groups in total. The van der Waals surface area contributed by atoms with E-state index in [4.69, 9.17) is 15.2 Å². The van der Waals surface area contributed by atoms with Gasteiger partial charge in [-0.3, -0.25) is 4.90 Å². The highest BCUT2D eigenvalue weighted by Crippen LogP contribution is 2.41. The zero-order chi connectivity index (χ0) is 14.8. The molecule has 21 heavy (non-hydrogen) atoms. The van der Waals surface area contributed by atoms with Gasteiger partial charge >= 0.3 is 0 Å². The van der Waals surface area contributed by atoms with Crippen molar-refractivity contribution in [2.24, 2.45) is 5.73 Å². The van der Waals surface area contributed by atoms with E-state index in [1.54, 1.807) is 0 Å². The molecule has 0 spiro atoms. The van der Waals surface area contributed by atoms with E-state index in [2.05, 4.69) is 39.9 Å². The molecule has 1 aromatic rings. The number of ether oxygens (including phenoxy) is 2. The van der Waals surface area contributed by atoms with E-state index in [0.29, 0.717) is 25.8 Å². The Morgan fingerprint density at radius 1 is 1.33 bits per heavy atom. The van der Waals surface area contributed by atoms with Crippen molar-refractivity contribution < 1.29 is 9.47 Å². The fourth-order valence-electron chi connectivity index (χ4n) is 3.32. The lowest BCUT2D eigenvalue weighted by Crippen LogP contribution is -2.36. The van der Waals surface area contributed by atoms with Crippen LogP contribution in [0.1, 0.15) is 37.8 Å². The molecule has 0 aliphatic carbocycles.